The van der Waals surface area contributed by atoms with Crippen LogP contribution in [-0.4, -0.2) is 4.98 Å². The molecule has 3 aromatic rings. The van der Waals surface area contributed by atoms with Crippen molar-refractivity contribution in [2.45, 2.75) is 9.79 Å². The second kappa shape index (κ2) is 5.52. The van der Waals surface area contributed by atoms with Gasteiger partial charge < -0.3 is 5.73 Å². The van der Waals surface area contributed by atoms with E-state index in [1.807, 2.05) is 30.5 Å². The number of hydrogen-bond donors (Lipinski definition) is 1. The van der Waals surface area contributed by atoms with Crippen molar-refractivity contribution in [1.29, 1.82) is 0 Å². The normalized spacial score (nSPS) is 10.9. The molecule has 0 unspecified atom stereocenters. The number of fused-ring (bicyclic) bond motifs is 1. The van der Waals surface area contributed by atoms with Crippen molar-refractivity contribution in [1.82, 2.24) is 4.98 Å². The zero-order chi connectivity index (χ0) is 14.1. The Bertz CT molecular complexity index is 790. The summed E-state index contributed by atoms with van der Waals surface area (Å²) in [6.07, 6.45) is 3.55. The van der Waals surface area contributed by atoms with Crippen molar-refractivity contribution < 1.29 is 0 Å². The summed E-state index contributed by atoms with van der Waals surface area (Å²) >= 11 is 13.8. The molecule has 0 saturated heterocycles. The quantitative estimate of drug-likeness (QED) is 0.653. The van der Waals surface area contributed by atoms with Gasteiger partial charge in [0.25, 0.3) is 0 Å². The van der Waals surface area contributed by atoms with Gasteiger partial charge in [0.05, 0.1) is 5.02 Å². The first-order valence-corrected chi connectivity index (χ1v) is 7.47. The van der Waals surface area contributed by atoms with E-state index in [-0.39, 0.29) is 0 Å². The van der Waals surface area contributed by atoms with Crippen LogP contribution in [0.3, 0.4) is 0 Å². The molecule has 2 N–H and O–H groups in total. The summed E-state index contributed by atoms with van der Waals surface area (Å²) in [6, 6.07) is 11.2. The number of pyridine rings is 1. The Hall–Kier alpha value is -1.42. The molecule has 2 nitrogen and oxygen atoms in total. The van der Waals surface area contributed by atoms with Gasteiger partial charge in [-0.3, -0.25) is 4.98 Å². The van der Waals surface area contributed by atoms with Crippen LogP contribution in [0.15, 0.2) is 58.6 Å². The van der Waals surface area contributed by atoms with Gasteiger partial charge in [-0.15, -0.1) is 0 Å². The average Bonchev–Trinajstić information content (AvgIpc) is 2.46. The summed E-state index contributed by atoms with van der Waals surface area (Å²) < 4.78 is 0. The van der Waals surface area contributed by atoms with Gasteiger partial charge >= 0.3 is 0 Å². The Morgan fingerprint density at radius 2 is 1.80 bits per heavy atom. The highest BCUT2D eigenvalue weighted by atomic mass is 35.5. The van der Waals surface area contributed by atoms with Crippen molar-refractivity contribution >= 4 is 51.4 Å². The standard InChI is InChI=1S/C15H10Cl2N2S/c16-9-1-2-12(17)15(7-9)20-14-4-3-13(18)10-5-6-19-8-11(10)14/h1-8H,18H2. The number of nitrogens with two attached hydrogens (primary N) is 1. The van der Waals surface area contributed by atoms with Crippen molar-refractivity contribution in [3.05, 3.63) is 58.8 Å². The molecule has 0 radical (unpaired) electrons. The molecule has 0 spiro atoms. The molecular formula is C15H10Cl2N2S. The number of nitrogens with zero attached hydrogens (tertiary/aromatic N) is 1. The average molecular weight is 321 g/mol. The minimum Gasteiger partial charge on any atom is -0.398 e. The first-order valence-electron chi connectivity index (χ1n) is 5.90. The van der Waals surface area contributed by atoms with Gasteiger partial charge in [-0.1, -0.05) is 35.0 Å². The molecule has 2 aromatic carbocycles. The number of halogens is 2. The summed E-state index contributed by atoms with van der Waals surface area (Å²) in [4.78, 5) is 6.13. The molecular weight excluding hydrogens is 311 g/mol. The van der Waals surface area contributed by atoms with E-state index in [1.54, 1.807) is 30.1 Å². The van der Waals surface area contributed by atoms with Crippen molar-refractivity contribution in [3.63, 3.8) is 0 Å². The Labute approximate surface area is 130 Å². The number of anilines is 1. The largest absolute Gasteiger partial charge is 0.398 e. The predicted octanol–water partition coefficient (Wildman–Crippen LogP) is 5.28. The van der Waals surface area contributed by atoms with Crippen LogP contribution in [0, 0.1) is 0 Å². The van der Waals surface area contributed by atoms with E-state index in [4.69, 9.17) is 28.9 Å². The fourth-order valence-corrected chi connectivity index (χ4v) is 3.42. The molecule has 1 aromatic heterocycles. The van der Waals surface area contributed by atoms with Gasteiger partial charge in [0.2, 0.25) is 0 Å². The van der Waals surface area contributed by atoms with Crippen LogP contribution >= 0.6 is 35.0 Å². The fourth-order valence-electron chi connectivity index (χ4n) is 1.95. The number of rotatable bonds is 2. The van der Waals surface area contributed by atoms with E-state index in [2.05, 4.69) is 4.98 Å². The van der Waals surface area contributed by atoms with Crippen LogP contribution < -0.4 is 5.73 Å². The maximum Gasteiger partial charge on any atom is 0.0546 e. The molecule has 0 bridgehead atoms. The second-order valence-electron chi connectivity index (χ2n) is 4.25. The summed E-state index contributed by atoms with van der Waals surface area (Å²) in [5, 5.41) is 3.33. The van der Waals surface area contributed by atoms with Crippen LogP contribution in [0.2, 0.25) is 10.0 Å². The molecule has 0 aliphatic rings. The second-order valence-corrected chi connectivity index (χ2v) is 6.18. The highest BCUT2D eigenvalue weighted by Gasteiger charge is 2.08. The monoisotopic (exact) mass is 320 g/mol. The van der Waals surface area contributed by atoms with Gasteiger partial charge in [-0.2, -0.15) is 0 Å². The maximum absolute atomic E-state index is 6.21. The number of hydrogen-bond acceptors (Lipinski definition) is 3. The van der Waals surface area contributed by atoms with Crippen molar-refractivity contribution in [2.24, 2.45) is 0 Å². The summed E-state index contributed by atoms with van der Waals surface area (Å²) in [5.74, 6) is 0. The first-order chi connectivity index (χ1) is 9.65. The van der Waals surface area contributed by atoms with Gasteiger partial charge in [-0.25, -0.2) is 0 Å². The van der Waals surface area contributed by atoms with Gasteiger partial charge in [0, 0.05) is 43.7 Å². The lowest BCUT2D eigenvalue weighted by molar-refractivity contribution is 1.34. The Kier molecular flexibility index (Phi) is 3.74. The van der Waals surface area contributed by atoms with E-state index >= 15 is 0 Å². The Morgan fingerprint density at radius 3 is 2.65 bits per heavy atom. The zero-order valence-corrected chi connectivity index (χ0v) is 12.6. The van der Waals surface area contributed by atoms with E-state index in [1.165, 1.54) is 0 Å². The van der Waals surface area contributed by atoms with Gasteiger partial charge in [-0.05, 0) is 36.4 Å². The SMILES string of the molecule is Nc1ccc(Sc2cc(Cl)ccc2Cl)c2cnccc12. The molecule has 20 heavy (non-hydrogen) atoms. The van der Waals surface area contributed by atoms with Crippen LogP contribution in [0.5, 0.6) is 0 Å². The molecule has 1 heterocycles. The van der Waals surface area contributed by atoms with Crippen molar-refractivity contribution in [2.75, 3.05) is 5.73 Å². The van der Waals surface area contributed by atoms with Crippen LogP contribution in [0.4, 0.5) is 5.69 Å². The molecule has 0 aliphatic carbocycles. The number of benzene rings is 2. The fraction of sp³-hybridized carbons (Fsp3) is 0. The van der Waals surface area contributed by atoms with E-state index in [0.717, 1.165) is 26.3 Å². The molecule has 0 atom stereocenters. The highest BCUT2D eigenvalue weighted by Crippen LogP contribution is 2.39. The number of aromatic nitrogens is 1. The molecule has 100 valence electrons. The van der Waals surface area contributed by atoms with Crippen LogP contribution in [-0.2, 0) is 0 Å². The zero-order valence-electron chi connectivity index (χ0n) is 10.3. The lowest BCUT2D eigenvalue weighted by Gasteiger charge is -2.09. The van der Waals surface area contributed by atoms with E-state index < -0.39 is 0 Å². The minimum absolute atomic E-state index is 0.662. The lowest BCUT2D eigenvalue weighted by Crippen LogP contribution is -1.89. The summed E-state index contributed by atoms with van der Waals surface area (Å²) in [7, 11) is 0. The molecule has 3 rings (SSSR count). The van der Waals surface area contributed by atoms with E-state index in [0.29, 0.717) is 10.0 Å². The third kappa shape index (κ3) is 2.57. The first kappa shape index (κ1) is 13.6. The Morgan fingerprint density at radius 1 is 0.950 bits per heavy atom. The van der Waals surface area contributed by atoms with Gasteiger partial charge in [0.15, 0.2) is 0 Å². The lowest BCUT2D eigenvalue weighted by atomic mass is 10.1. The molecule has 0 aliphatic heterocycles. The third-order valence-corrected chi connectivity index (χ3v) is 4.74. The van der Waals surface area contributed by atoms with E-state index in [9.17, 15) is 0 Å². The summed E-state index contributed by atoms with van der Waals surface area (Å²) in [6.45, 7) is 0. The molecule has 5 heteroatoms. The molecule has 0 saturated carbocycles. The Balaban J connectivity index is 2.11. The molecule has 0 amide bonds. The predicted molar refractivity (Wildman–Crippen MR) is 86.7 cm³/mol. The minimum atomic E-state index is 0.662. The van der Waals surface area contributed by atoms with Crippen LogP contribution in [0.25, 0.3) is 10.8 Å². The highest BCUT2D eigenvalue weighted by molar-refractivity contribution is 7.99. The van der Waals surface area contributed by atoms with Gasteiger partial charge in [0.1, 0.15) is 0 Å². The molecule has 0 fully saturated rings. The topological polar surface area (TPSA) is 38.9 Å². The third-order valence-electron chi connectivity index (χ3n) is 2.92. The number of nitrogen functional groups attached to an aromatic ring is 1. The summed E-state index contributed by atoms with van der Waals surface area (Å²) in [5.41, 5.74) is 6.73. The smallest absolute Gasteiger partial charge is 0.0546 e. The van der Waals surface area contributed by atoms with Crippen molar-refractivity contribution in [3.8, 4) is 0 Å². The van der Waals surface area contributed by atoms with Crippen LogP contribution in [0.1, 0.15) is 0 Å². The maximum atomic E-state index is 6.21.